The number of hydrogen-bond donors (Lipinski definition) is 1. The van der Waals surface area contributed by atoms with E-state index >= 15 is 0 Å². The summed E-state index contributed by atoms with van der Waals surface area (Å²) in [5, 5.41) is 20.2. The van der Waals surface area contributed by atoms with Crippen molar-refractivity contribution in [3.8, 4) is 0 Å². The second-order valence-electron chi connectivity index (χ2n) is 4.56. The number of thioether (sulfide) groups is 1. The lowest BCUT2D eigenvalue weighted by Crippen LogP contribution is -2.20. The van der Waals surface area contributed by atoms with Crippen molar-refractivity contribution in [2.45, 2.75) is 37.7 Å². The molecule has 1 unspecified atom stereocenters. The second-order valence-corrected chi connectivity index (χ2v) is 6.57. The largest absolute Gasteiger partial charge is 0.416 e. The van der Waals surface area contributed by atoms with E-state index in [1.807, 2.05) is 31.4 Å². The quantitative estimate of drug-likeness (QED) is 0.755. The second kappa shape index (κ2) is 7.78. The molecule has 2 aromatic rings. The molecule has 5 nitrogen and oxygen atoms in total. The van der Waals surface area contributed by atoms with Crippen molar-refractivity contribution in [3.63, 3.8) is 0 Å². The van der Waals surface area contributed by atoms with Crippen LogP contribution in [-0.4, -0.2) is 39.9 Å². The number of aromatic nitrogens is 2. The molecule has 2 heterocycles. The molecule has 1 N–H and O–H groups in total. The van der Waals surface area contributed by atoms with Crippen LogP contribution >= 0.6 is 23.1 Å². The summed E-state index contributed by atoms with van der Waals surface area (Å²) in [6.07, 6.45) is 0.245. The van der Waals surface area contributed by atoms with Gasteiger partial charge in [0.1, 0.15) is 0 Å². The van der Waals surface area contributed by atoms with E-state index in [0.717, 1.165) is 0 Å². The van der Waals surface area contributed by atoms with Gasteiger partial charge in [0.25, 0.3) is 5.22 Å². The Kier molecular flexibility index (Phi) is 6.03. The van der Waals surface area contributed by atoms with Crippen molar-refractivity contribution in [1.82, 2.24) is 10.2 Å². The first-order valence-corrected chi connectivity index (χ1v) is 8.27. The van der Waals surface area contributed by atoms with Crippen molar-refractivity contribution in [2.75, 3.05) is 12.4 Å². The molecule has 0 aliphatic carbocycles. The molecule has 0 aliphatic heterocycles. The van der Waals surface area contributed by atoms with Gasteiger partial charge in [-0.25, -0.2) is 0 Å². The van der Waals surface area contributed by atoms with E-state index in [0.29, 0.717) is 29.9 Å². The Morgan fingerprint density at radius 3 is 3.00 bits per heavy atom. The topological polar surface area (TPSA) is 68.4 Å². The number of aliphatic hydroxyl groups excluding tert-OH is 1. The van der Waals surface area contributed by atoms with Crippen molar-refractivity contribution in [3.05, 3.63) is 28.3 Å². The van der Waals surface area contributed by atoms with Crippen molar-refractivity contribution < 1.29 is 14.3 Å². The molecule has 0 aliphatic rings. The fourth-order valence-electron chi connectivity index (χ4n) is 1.45. The number of ether oxygens (including phenoxy) is 1. The van der Waals surface area contributed by atoms with E-state index in [4.69, 9.17) is 9.15 Å². The maximum Gasteiger partial charge on any atom is 0.276 e. The highest BCUT2D eigenvalue weighted by Gasteiger charge is 2.12. The van der Waals surface area contributed by atoms with Crippen LogP contribution in [0.3, 0.4) is 0 Å². The number of hydrogen-bond acceptors (Lipinski definition) is 7. The molecule has 0 saturated carbocycles. The van der Waals surface area contributed by atoms with Crippen LogP contribution in [0.25, 0.3) is 0 Å². The van der Waals surface area contributed by atoms with Crippen LogP contribution in [0.1, 0.15) is 24.6 Å². The molecule has 0 spiro atoms. The maximum absolute atomic E-state index is 9.74. The van der Waals surface area contributed by atoms with E-state index < -0.39 is 6.10 Å². The minimum atomic E-state index is -0.532. The molecule has 110 valence electrons. The summed E-state index contributed by atoms with van der Waals surface area (Å²) in [6.45, 7) is 4.20. The number of aliphatic hydroxyl groups is 1. The zero-order valence-electron chi connectivity index (χ0n) is 11.5. The van der Waals surface area contributed by atoms with Gasteiger partial charge in [-0.05, 0) is 25.3 Å². The molecule has 1 atom stereocenters. The third-order valence-electron chi connectivity index (χ3n) is 2.38. The molecule has 20 heavy (non-hydrogen) atoms. The van der Waals surface area contributed by atoms with Crippen molar-refractivity contribution in [1.29, 1.82) is 0 Å². The van der Waals surface area contributed by atoms with Gasteiger partial charge in [-0.3, -0.25) is 0 Å². The van der Waals surface area contributed by atoms with Gasteiger partial charge >= 0.3 is 0 Å². The summed E-state index contributed by atoms with van der Waals surface area (Å²) in [5.74, 6) is 1.08. The molecule has 0 aromatic carbocycles. The zero-order valence-corrected chi connectivity index (χ0v) is 13.1. The third kappa shape index (κ3) is 5.24. The molecular weight excluding hydrogens is 296 g/mol. The van der Waals surface area contributed by atoms with E-state index in [-0.39, 0.29) is 6.10 Å². The lowest BCUT2D eigenvalue weighted by molar-refractivity contribution is 0.0152. The maximum atomic E-state index is 9.74. The molecule has 0 radical (unpaired) electrons. The molecular formula is C13H18N2O3S2. The Labute approximate surface area is 126 Å². The van der Waals surface area contributed by atoms with E-state index in [2.05, 4.69) is 10.2 Å². The van der Waals surface area contributed by atoms with Crippen LogP contribution in [0.2, 0.25) is 0 Å². The summed E-state index contributed by atoms with van der Waals surface area (Å²) < 4.78 is 10.9. The summed E-state index contributed by atoms with van der Waals surface area (Å²) in [4.78, 5) is 1.19. The van der Waals surface area contributed by atoms with Crippen LogP contribution in [0, 0.1) is 0 Å². The summed E-state index contributed by atoms with van der Waals surface area (Å²) in [7, 11) is 0. The van der Waals surface area contributed by atoms with Crippen LogP contribution in [-0.2, 0) is 11.2 Å². The SMILES string of the molecule is CC(C)OCC(O)CSc1nnc(Cc2cccs2)o1. The van der Waals surface area contributed by atoms with Gasteiger partial charge in [-0.1, -0.05) is 17.8 Å². The predicted octanol–water partition coefficient (Wildman–Crippen LogP) is 2.60. The molecule has 0 fully saturated rings. The van der Waals surface area contributed by atoms with Gasteiger partial charge in [-0.2, -0.15) is 0 Å². The predicted molar refractivity (Wildman–Crippen MR) is 79.2 cm³/mol. The van der Waals surface area contributed by atoms with Crippen molar-refractivity contribution in [2.24, 2.45) is 0 Å². The monoisotopic (exact) mass is 314 g/mol. The van der Waals surface area contributed by atoms with Crippen LogP contribution in [0.4, 0.5) is 0 Å². The van der Waals surface area contributed by atoms with E-state index in [1.54, 1.807) is 11.3 Å². The zero-order chi connectivity index (χ0) is 14.4. The highest BCUT2D eigenvalue weighted by molar-refractivity contribution is 7.99. The lowest BCUT2D eigenvalue weighted by atomic mass is 10.3. The fraction of sp³-hybridized carbons (Fsp3) is 0.538. The van der Waals surface area contributed by atoms with Gasteiger partial charge < -0.3 is 14.3 Å². The van der Waals surface area contributed by atoms with Gasteiger partial charge in [0.15, 0.2) is 0 Å². The molecule has 0 amide bonds. The smallest absolute Gasteiger partial charge is 0.276 e. The van der Waals surface area contributed by atoms with Crippen LogP contribution in [0.15, 0.2) is 27.2 Å². The Hall–Kier alpha value is -0.890. The van der Waals surface area contributed by atoms with Crippen LogP contribution in [0.5, 0.6) is 0 Å². The molecule has 7 heteroatoms. The fourth-order valence-corrected chi connectivity index (χ4v) is 2.83. The number of nitrogens with zero attached hydrogens (tertiary/aromatic N) is 2. The number of thiophene rings is 1. The average molecular weight is 314 g/mol. The highest BCUT2D eigenvalue weighted by atomic mass is 32.2. The normalized spacial score (nSPS) is 13.0. The molecule has 0 saturated heterocycles. The van der Waals surface area contributed by atoms with Gasteiger partial charge in [0.05, 0.1) is 25.2 Å². The first kappa shape index (κ1) is 15.5. The minimum absolute atomic E-state index is 0.121. The Balaban J connectivity index is 1.75. The summed E-state index contributed by atoms with van der Waals surface area (Å²) in [6, 6.07) is 4.03. The van der Waals surface area contributed by atoms with E-state index in [1.165, 1.54) is 16.6 Å². The molecule has 2 aromatic heterocycles. The first-order valence-electron chi connectivity index (χ1n) is 6.40. The summed E-state index contributed by atoms with van der Waals surface area (Å²) >= 11 is 3.01. The van der Waals surface area contributed by atoms with Gasteiger partial charge in [-0.15, -0.1) is 21.5 Å². The summed E-state index contributed by atoms with van der Waals surface area (Å²) in [5.41, 5.74) is 0. The number of rotatable bonds is 8. The molecule has 2 rings (SSSR count). The molecule has 0 bridgehead atoms. The third-order valence-corrected chi connectivity index (χ3v) is 4.21. The van der Waals surface area contributed by atoms with Gasteiger partial charge in [0.2, 0.25) is 5.89 Å². The van der Waals surface area contributed by atoms with Crippen LogP contribution < -0.4 is 0 Å². The standard InChI is InChI=1S/C13H18N2O3S2/c1-9(2)17-7-10(16)8-20-13-15-14-12(18-13)6-11-4-3-5-19-11/h3-5,9-10,16H,6-8H2,1-2H3. The Morgan fingerprint density at radius 2 is 2.30 bits per heavy atom. The highest BCUT2D eigenvalue weighted by Crippen LogP contribution is 2.20. The van der Waals surface area contributed by atoms with Gasteiger partial charge in [0, 0.05) is 10.6 Å². The Bertz CT molecular complexity index is 499. The van der Waals surface area contributed by atoms with Crippen molar-refractivity contribution >= 4 is 23.1 Å². The Morgan fingerprint density at radius 1 is 1.45 bits per heavy atom. The van der Waals surface area contributed by atoms with E-state index in [9.17, 15) is 5.11 Å². The average Bonchev–Trinajstić information content (AvgIpc) is 3.06. The first-order chi connectivity index (χ1) is 9.63. The lowest BCUT2D eigenvalue weighted by Gasteiger charge is -2.11. The minimum Gasteiger partial charge on any atom is -0.416 e.